The largest absolute Gasteiger partial charge is 0.351 e. The van der Waals surface area contributed by atoms with E-state index < -0.39 is 17.5 Å². The molecule has 0 saturated heterocycles. The predicted octanol–water partition coefficient (Wildman–Crippen LogP) is 1.72. The van der Waals surface area contributed by atoms with Crippen LogP contribution < -0.4 is 5.32 Å². The van der Waals surface area contributed by atoms with E-state index in [2.05, 4.69) is 11.2 Å². The lowest BCUT2D eigenvalue weighted by atomic mass is 10.2. The van der Waals surface area contributed by atoms with Crippen LogP contribution in [0, 0.1) is 24.0 Å². The number of rotatable bonds is 3. The van der Waals surface area contributed by atoms with E-state index in [9.17, 15) is 13.6 Å². The summed E-state index contributed by atoms with van der Waals surface area (Å²) in [5, 5.41) is 2.44. The third-order valence-corrected chi connectivity index (χ3v) is 1.68. The fourth-order valence-corrected chi connectivity index (χ4v) is 1.04. The van der Waals surface area contributed by atoms with Crippen LogP contribution in [-0.4, -0.2) is 12.5 Å². The van der Waals surface area contributed by atoms with Gasteiger partial charge in [0, 0.05) is 24.6 Å². The van der Waals surface area contributed by atoms with Gasteiger partial charge in [0.25, 0.3) is 5.91 Å². The first-order valence-electron chi connectivity index (χ1n) is 4.31. The maximum Gasteiger partial charge on any atom is 0.251 e. The minimum absolute atomic E-state index is 0.0514. The Hall–Kier alpha value is -1.89. The molecule has 1 aromatic carbocycles. The molecule has 0 unspecified atom stereocenters. The van der Waals surface area contributed by atoms with Gasteiger partial charge in [-0.25, -0.2) is 8.78 Å². The normalized spacial score (nSPS) is 9.40. The van der Waals surface area contributed by atoms with Crippen LogP contribution in [0.5, 0.6) is 0 Å². The van der Waals surface area contributed by atoms with Gasteiger partial charge in [-0.1, -0.05) is 0 Å². The van der Waals surface area contributed by atoms with Gasteiger partial charge in [0.05, 0.1) is 0 Å². The van der Waals surface area contributed by atoms with Crippen LogP contribution in [0.1, 0.15) is 16.8 Å². The van der Waals surface area contributed by atoms with E-state index in [1.807, 2.05) is 0 Å². The van der Waals surface area contributed by atoms with Crippen LogP contribution in [-0.2, 0) is 0 Å². The van der Waals surface area contributed by atoms with Crippen LogP contribution >= 0.6 is 0 Å². The molecule has 78 valence electrons. The van der Waals surface area contributed by atoms with E-state index in [4.69, 9.17) is 6.42 Å². The summed E-state index contributed by atoms with van der Waals surface area (Å²) in [6.45, 7) is 0.285. The molecular weight excluding hydrogens is 200 g/mol. The summed E-state index contributed by atoms with van der Waals surface area (Å²) in [5.41, 5.74) is -0.0514. The van der Waals surface area contributed by atoms with E-state index in [1.165, 1.54) is 0 Å². The van der Waals surface area contributed by atoms with Gasteiger partial charge < -0.3 is 5.32 Å². The van der Waals surface area contributed by atoms with E-state index >= 15 is 0 Å². The van der Waals surface area contributed by atoms with Crippen molar-refractivity contribution in [2.75, 3.05) is 6.54 Å². The fraction of sp³-hybridized carbons (Fsp3) is 0.182. The van der Waals surface area contributed by atoms with Crippen LogP contribution in [0.4, 0.5) is 8.78 Å². The molecule has 4 heteroatoms. The summed E-state index contributed by atoms with van der Waals surface area (Å²) in [7, 11) is 0. The molecule has 1 N–H and O–H groups in total. The lowest BCUT2D eigenvalue weighted by molar-refractivity contribution is 0.0953. The van der Waals surface area contributed by atoms with Gasteiger partial charge in [-0.05, 0) is 12.1 Å². The van der Waals surface area contributed by atoms with E-state index in [0.29, 0.717) is 12.5 Å². The maximum atomic E-state index is 12.7. The van der Waals surface area contributed by atoms with E-state index in [0.717, 1.165) is 12.1 Å². The van der Waals surface area contributed by atoms with Gasteiger partial charge >= 0.3 is 0 Å². The molecule has 2 nitrogen and oxygen atoms in total. The van der Waals surface area contributed by atoms with Crippen molar-refractivity contribution in [3.8, 4) is 12.3 Å². The second-order valence-electron chi connectivity index (χ2n) is 2.87. The van der Waals surface area contributed by atoms with Gasteiger partial charge in [0.1, 0.15) is 11.6 Å². The minimum Gasteiger partial charge on any atom is -0.351 e. The molecular formula is C11H9F2NO. The molecule has 0 spiro atoms. The first kappa shape index (κ1) is 11.2. The number of amides is 1. The van der Waals surface area contributed by atoms with Crippen molar-refractivity contribution in [3.63, 3.8) is 0 Å². The van der Waals surface area contributed by atoms with Crippen LogP contribution in [0.3, 0.4) is 0 Å². The molecule has 0 aliphatic rings. The van der Waals surface area contributed by atoms with Crippen molar-refractivity contribution in [1.82, 2.24) is 5.32 Å². The maximum absolute atomic E-state index is 12.7. The molecule has 1 rings (SSSR count). The number of carbonyl (C=O) groups excluding carboxylic acids is 1. The van der Waals surface area contributed by atoms with Gasteiger partial charge in [-0.15, -0.1) is 12.3 Å². The number of hydrogen-bond acceptors (Lipinski definition) is 1. The number of benzene rings is 1. The van der Waals surface area contributed by atoms with E-state index in [-0.39, 0.29) is 12.1 Å². The summed E-state index contributed by atoms with van der Waals surface area (Å²) in [5.74, 6) is 0.235. The van der Waals surface area contributed by atoms with Gasteiger partial charge in [0.15, 0.2) is 0 Å². The fourth-order valence-electron chi connectivity index (χ4n) is 1.04. The first-order chi connectivity index (χ1) is 7.13. The highest BCUT2D eigenvalue weighted by molar-refractivity contribution is 5.94. The zero-order valence-corrected chi connectivity index (χ0v) is 7.89. The number of halogens is 2. The Balaban J connectivity index is 2.70. The molecule has 0 bridgehead atoms. The van der Waals surface area contributed by atoms with Gasteiger partial charge in [0.2, 0.25) is 0 Å². The monoisotopic (exact) mass is 209 g/mol. The first-order valence-corrected chi connectivity index (χ1v) is 4.31. The highest BCUT2D eigenvalue weighted by Crippen LogP contribution is 2.07. The third-order valence-electron chi connectivity index (χ3n) is 1.68. The Kier molecular flexibility index (Phi) is 3.81. The molecule has 0 saturated carbocycles. The lowest BCUT2D eigenvalue weighted by Crippen LogP contribution is -2.24. The van der Waals surface area contributed by atoms with E-state index in [1.54, 1.807) is 0 Å². The predicted molar refractivity (Wildman–Crippen MR) is 52.1 cm³/mol. The summed E-state index contributed by atoms with van der Waals surface area (Å²) in [6.07, 6.45) is 5.36. The van der Waals surface area contributed by atoms with Crippen molar-refractivity contribution in [3.05, 3.63) is 35.4 Å². The second-order valence-corrected chi connectivity index (χ2v) is 2.87. The number of nitrogens with one attached hydrogen (secondary N) is 1. The third kappa shape index (κ3) is 3.39. The number of terminal acetylenes is 1. The topological polar surface area (TPSA) is 29.1 Å². The molecule has 0 aliphatic heterocycles. The molecule has 0 aliphatic carbocycles. The summed E-state index contributed by atoms with van der Waals surface area (Å²) >= 11 is 0. The van der Waals surface area contributed by atoms with Crippen molar-refractivity contribution in [1.29, 1.82) is 0 Å². The molecule has 0 heterocycles. The Morgan fingerprint density at radius 2 is 1.93 bits per heavy atom. The van der Waals surface area contributed by atoms with Gasteiger partial charge in [-0.3, -0.25) is 4.79 Å². The number of hydrogen-bond donors (Lipinski definition) is 1. The van der Waals surface area contributed by atoms with Crippen molar-refractivity contribution in [2.24, 2.45) is 0 Å². The molecule has 1 amide bonds. The average molecular weight is 209 g/mol. The summed E-state index contributed by atoms with van der Waals surface area (Å²) in [6, 6.07) is 2.64. The molecule has 1 aromatic rings. The number of carbonyl (C=O) groups is 1. The van der Waals surface area contributed by atoms with Crippen LogP contribution in [0.25, 0.3) is 0 Å². The Morgan fingerprint density at radius 1 is 1.33 bits per heavy atom. The average Bonchev–Trinajstić information content (AvgIpc) is 2.16. The van der Waals surface area contributed by atoms with Crippen molar-refractivity contribution in [2.45, 2.75) is 6.42 Å². The van der Waals surface area contributed by atoms with Gasteiger partial charge in [-0.2, -0.15) is 0 Å². The summed E-state index contributed by atoms with van der Waals surface area (Å²) < 4.78 is 25.4. The Labute approximate surface area is 86.3 Å². The van der Waals surface area contributed by atoms with Crippen LogP contribution in [0.15, 0.2) is 18.2 Å². The molecule has 0 fully saturated rings. The highest BCUT2D eigenvalue weighted by atomic mass is 19.1. The quantitative estimate of drug-likeness (QED) is 0.596. The summed E-state index contributed by atoms with van der Waals surface area (Å²) in [4.78, 5) is 11.3. The standard InChI is InChI=1S/C11H9F2NO/c1-2-3-4-14-11(15)8-5-9(12)7-10(13)6-8/h1,5-7H,3-4H2,(H,14,15). The van der Waals surface area contributed by atoms with Crippen LogP contribution in [0.2, 0.25) is 0 Å². The minimum atomic E-state index is -0.780. The molecule has 0 radical (unpaired) electrons. The molecule has 0 aromatic heterocycles. The van der Waals surface area contributed by atoms with Crippen molar-refractivity contribution >= 4 is 5.91 Å². The zero-order chi connectivity index (χ0) is 11.3. The SMILES string of the molecule is C#CCCNC(=O)c1cc(F)cc(F)c1. The smallest absolute Gasteiger partial charge is 0.251 e. The molecule has 15 heavy (non-hydrogen) atoms. The Morgan fingerprint density at radius 3 is 2.47 bits per heavy atom. The van der Waals surface area contributed by atoms with Crippen molar-refractivity contribution < 1.29 is 13.6 Å². The zero-order valence-electron chi connectivity index (χ0n) is 7.89. The Bertz CT molecular complexity index is 389. The lowest BCUT2D eigenvalue weighted by Gasteiger charge is -2.03. The highest BCUT2D eigenvalue weighted by Gasteiger charge is 2.07. The second kappa shape index (κ2) is 5.11. The molecule has 0 atom stereocenters.